The Balaban J connectivity index is 2.68. The normalized spacial score (nSPS) is 13.1. The molecule has 180 valence electrons. The molecule has 3 aromatic carbocycles. The first-order valence-electron chi connectivity index (χ1n) is 12.1. The summed E-state index contributed by atoms with van der Waals surface area (Å²) in [6, 6.07) is 24.0. The average molecular weight is 456 g/mol. The van der Waals surface area contributed by atoms with E-state index in [4.69, 9.17) is 0 Å². The molecule has 0 radical (unpaired) electrons. The molecule has 0 aliphatic rings. The fourth-order valence-corrected chi connectivity index (χ4v) is 5.16. The van der Waals surface area contributed by atoms with Gasteiger partial charge in [0, 0.05) is 0 Å². The second kappa shape index (κ2) is 8.73. The van der Waals surface area contributed by atoms with Gasteiger partial charge in [-0.1, -0.05) is 135 Å². The number of carboxylic acid groups (broad SMARTS) is 1. The Morgan fingerprint density at radius 3 is 0.853 bits per heavy atom. The highest BCUT2D eigenvalue weighted by atomic mass is 16.4. The molecule has 0 saturated carbocycles. The number of benzene rings is 3. The summed E-state index contributed by atoms with van der Waals surface area (Å²) in [6.45, 7) is 19.2. The number of aliphatic carboxylic acids is 1. The Kier molecular flexibility index (Phi) is 6.61. The molecule has 0 heterocycles. The highest BCUT2D eigenvalue weighted by molar-refractivity contribution is 5.91. The van der Waals surface area contributed by atoms with Gasteiger partial charge in [-0.2, -0.15) is 0 Å². The standard InChI is InChI=1S/C32H40O2/c1-29(2,3)22-16-10-13-19-25(22)32(28(33)34,26-20-14-11-17-23(26)30(4,5)6)27-21-15-12-18-24(27)31(7,8)9/h10-21H,1-9H3,(H,33,34)/p-1. The van der Waals surface area contributed by atoms with Gasteiger partial charge < -0.3 is 9.90 Å². The lowest BCUT2D eigenvalue weighted by atomic mass is 9.60. The zero-order chi connectivity index (χ0) is 25.5. The zero-order valence-corrected chi connectivity index (χ0v) is 22.2. The molecule has 34 heavy (non-hydrogen) atoms. The predicted molar refractivity (Wildman–Crippen MR) is 140 cm³/mol. The van der Waals surface area contributed by atoms with Gasteiger partial charge in [-0.15, -0.1) is 0 Å². The van der Waals surface area contributed by atoms with Crippen LogP contribution in [-0.4, -0.2) is 5.97 Å². The fraction of sp³-hybridized carbons (Fsp3) is 0.406. The van der Waals surface area contributed by atoms with Gasteiger partial charge in [0.1, 0.15) is 0 Å². The number of rotatable bonds is 4. The van der Waals surface area contributed by atoms with E-state index in [0.717, 1.165) is 33.4 Å². The lowest BCUT2D eigenvalue weighted by Gasteiger charge is -2.44. The van der Waals surface area contributed by atoms with Crippen LogP contribution in [0.5, 0.6) is 0 Å². The minimum absolute atomic E-state index is 0.259. The van der Waals surface area contributed by atoms with E-state index in [2.05, 4.69) is 80.5 Å². The summed E-state index contributed by atoms with van der Waals surface area (Å²) in [5.74, 6) is -1.10. The van der Waals surface area contributed by atoms with Gasteiger partial charge in [0.15, 0.2) is 0 Å². The number of hydrogen-bond donors (Lipinski definition) is 0. The van der Waals surface area contributed by atoms with Crippen molar-refractivity contribution in [2.24, 2.45) is 0 Å². The third-order valence-corrected chi connectivity index (χ3v) is 6.72. The zero-order valence-electron chi connectivity index (χ0n) is 22.2. The summed E-state index contributed by atoms with van der Waals surface area (Å²) in [6.07, 6.45) is 0. The molecule has 0 aliphatic heterocycles. The van der Waals surface area contributed by atoms with E-state index >= 15 is 0 Å². The lowest BCUT2D eigenvalue weighted by molar-refractivity contribution is -0.310. The third-order valence-electron chi connectivity index (χ3n) is 6.72. The number of hydrogen-bond acceptors (Lipinski definition) is 2. The van der Waals surface area contributed by atoms with E-state index in [-0.39, 0.29) is 16.2 Å². The Morgan fingerprint density at radius 2 is 0.676 bits per heavy atom. The Labute approximate surface area is 206 Å². The van der Waals surface area contributed by atoms with Gasteiger partial charge >= 0.3 is 0 Å². The van der Waals surface area contributed by atoms with Crippen LogP contribution in [0.25, 0.3) is 0 Å². The van der Waals surface area contributed by atoms with Gasteiger partial charge in [-0.3, -0.25) is 0 Å². The Bertz CT molecular complexity index is 1040. The van der Waals surface area contributed by atoms with Gasteiger partial charge in [0.2, 0.25) is 0 Å². The molecule has 3 rings (SSSR count). The van der Waals surface area contributed by atoms with Crippen LogP contribution < -0.4 is 5.11 Å². The van der Waals surface area contributed by atoms with Crippen LogP contribution in [0, 0.1) is 0 Å². The van der Waals surface area contributed by atoms with Crippen molar-refractivity contribution in [1.29, 1.82) is 0 Å². The van der Waals surface area contributed by atoms with E-state index in [1.165, 1.54) is 0 Å². The molecule has 0 fully saturated rings. The van der Waals surface area contributed by atoms with Crippen molar-refractivity contribution in [1.82, 2.24) is 0 Å². The molecule has 0 saturated heterocycles. The molecule has 2 heteroatoms. The van der Waals surface area contributed by atoms with Gasteiger partial charge in [-0.25, -0.2) is 0 Å². The van der Waals surface area contributed by atoms with Crippen molar-refractivity contribution in [3.63, 3.8) is 0 Å². The van der Waals surface area contributed by atoms with Crippen molar-refractivity contribution in [3.8, 4) is 0 Å². The fourth-order valence-electron chi connectivity index (χ4n) is 5.16. The monoisotopic (exact) mass is 455 g/mol. The summed E-state index contributed by atoms with van der Waals surface area (Å²) < 4.78 is 0. The molecule has 3 aromatic rings. The summed E-state index contributed by atoms with van der Waals surface area (Å²) >= 11 is 0. The number of carboxylic acids is 1. The highest BCUT2D eigenvalue weighted by Crippen LogP contribution is 2.49. The summed E-state index contributed by atoms with van der Waals surface area (Å²) in [7, 11) is 0. The number of carbonyl (C=O) groups is 1. The molecule has 0 aliphatic carbocycles. The van der Waals surface area contributed by atoms with Crippen LogP contribution in [0.2, 0.25) is 0 Å². The van der Waals surface area contributed by atoms with Gasteiger partial charge in [0.25, 0.3) is 0 Å². The van der Waals surface area contributed by atoms with E-state index in [9.17, 15) is 9.90 Å². The van der Waals surface area contributed by atoms with Crippen molar-refractivity contribution in [2.45, 2.75) is 84.0 Å². The minimum atomic E-state index is -1.47. The maximum atomic E-state index is 13.7. The molecule has 2 nitrogen and oxygen atoms in total. The Hall–Kier alpha value is -2.87. The first-order valence-corrected chi connectivity index (χ1v) is 12.1. The Morgan fingerprint density at radius 1 is 0.471 bits per heavy atom. The predicted octanol–water partition coefficient (Wildman–Crippen LogP) is 6.66. The number of carbonyl (C=O) groups excluding carboxylic acids is 1. The molecule has 0 atom stereocenters. The summed E-state index contributed by atoms with van der Waals surface area (Å²) in [4.78, 5) is 13.7. The molecule has 0 spiro atoms. The lowest BCUT2D eigenvalue weighted by Crippen LogP contribution is -2.50. The van der Waals surface area contributed by atoms with Crippen LogP contribution in [0.4, 0.5) is 0 Å². The smallest absolute Gasteiger partial charge is 0.0855 e. The quantitative estimate of drug-likeness (QED) is 0.413. The van der Waals surface area contributed by atoms with Crippen LogP contribution >= 0.6 is 0 Å². The summed E-state index contributed by atoms with van der Waals surface area (Å²) in [5.41, 5.74) is 3.09. The van der Waals surface area contributed by atoms with E-state index in [1.807, 2.05) is 54.6 Å². The molecular formula is C32H39O2-. The minimum Gasteiger partial charge on any atom is -0.548 e. The van der Waals surface area contributed by atoms with E-state index < -0.39 is 11.4 Å². The first kappa shape index (κ1) is 25.7. The third kappa shape index (κ3) is 4.43. The molecule has 0 aromatic heterocycles. The molecule has 0 N–H and O–H groups in total. The molecule has 0 bridgehead atoms. The maximum absolute atomic E-state index is 13.7. The maximum Gasteiger partial charge on any atom is 0.0855 e. The SMILES string of the molecule is CC(C)(C)c1ccccc1C(C(=O)[O-])(c1ccccc1C(C)(C)C)c1ccccc1C(C)(C)C. The largest absolute Gasteiger partial charge is 0.548 e. The van der Waals surface area contributed by atoms with Crippen molar-refractivity contribution in [3.05, 3.63) is 106 Å². The molecular weight excluding hydrogens is 416 g/mol. The molecule has 0 unspecified atom stereocenters. The van der Waals surface area contributed by atoms with Crippen molar-refractivity contribution >= 4 is 5.97 Å². The van der Waals surface area contributed by atoms with Crippen LogP contribution in [0.1, 0.15) is 95.7 Å². The topological polar surface area (TPSA) is 40.1 Å². The van der Waals surface area contributed by atoms with Crippen LogP contribution in [0.15, 0.2) is 72.8 Å². The van der Waals surface area contributed by atoms with E-state index in [0.29, 0.717) is 0 Å². The second-order valence-corrected chi connectivity index (χ2v) is 12.4. The summed E-state index contributed by atoms with van der Waals surface area (Å²) in [5, 5.41) is 13.7. The first-order chi connectivity index (χ1) is 15.6. The van der Waals surface area contributed by atoms with Gasteiger partial charge in [0.05, 0.1) is 11.4 Å². The molecule has 0 amide bonds. The van der Waals surface area contributed by atoms with Crippen LogP contribution in [-0.2, 0) is 26.5 Å². The van der Waals surface area contributed by atoms with E-state index in [1.54, 1.807) is 0 Å². The highest BCUT2D eigenvalue weighted by Gasteiger charge is 2.45. The van der Waals surface area contributed by atoms with Crippen molar-refractivity contribution < 1.29 is 9.90 Å². The van der Waals surface area contributed by atoms with Crippen molar-refractivity contribution in [2.75, 3.05) is 0 Å². The second-order valence-electron chi connectivity index (χ2n) is 12.4. The van der Waals surface area contributed by atoms with Crippen LogP contribution in [0.3, 0.4) is 0 Å². The average Bonchev–Trinajstić information content (AvgIpc) is 2.73. The van der Waals surface area contributed by atoms with Gasteiger partial charge in [-0.05, 0) is 49.6 Å².